The number of benzene rings is 2. The van der Waals surface area contributed by atoms with E-state index in [1.807, 2.05) is 85.1 Å². The van der Waals surface area contributed by atoms with Crippen LogP contribution < -0.4 is 0 Å². The third-order valence-corrected chi connectivity index (χ3v) is 7.27. The van der Waals surface area contributed by atoms with Crippen LogP contribution in [0.2, 0.25) is 0 Å². The van der Waals surface area contributed by atoms with Crippen LogP contribution in [0.25, 0.3) is 20.9 Å². The molecular formula is C26H23BrO4S2. The van der Waals surface area contributed by atoms with Crippen molar-refractivity contribution in [1.29, 1.82) is 0 Å². The highest BCUT2D eigenvalue weighted by molar-refractivity contribution is 9.11. The fourth-order valence-electron chi connectivity index (χ4n) is 2.87. The van der Waals surface area contributed by atoms with Gasteiger partial charge < -0.3 is 9.47 Å². The number of halogens is 1. The maximum Gasteiger partial charge on any atom is 0.340 e. The summed E-state index contributed by atoms with van der Waals surface area (Å²) in [5, 5.41) is 1.83. The first kappa shape index (κ1) is 24.9. The zero-order chi connectivity index (χ0) is 23.6. The Labute approximate surface area is 209 Å². The van der Waals surface area contributed by atoms with Gasteiger partial charge in [-0.3, -0.25) is 0 Å². The number of rotatable bonds is 6. The van der Waals surface area contributed by atoms with Gasteiger partial charge in [0, 0.05) is 15.1 Å². The van der Waals surface area contributed by atoms with E-state index in [1.165, 1.54) is 11.3 Å². The van der Waals surface area contributed by atoms with Crippen LogP contribution in [0.3, 0.4) is 0 Å². The van der Waals surface area contributed by atoms with Gasteiger partial charge in [-0.2, -0.15) is 0 Å². The van der Waals surface area contributed by atoms with Crippen LogP contribution >= 0.6 is 38.6 Å². The molecule has 0 aliphatic heterocycles. The normalized spacial score (nSPS) is 10.2. The fourth-order valence-corrected chi connectivity index (χ4v) is 5.43. The van der Waals surface area contributed by atoms with E-state index in [9.17, 15) is 9.59 Å². The summed E-state index contributed by atoms with van der Waals surface area (Å²) < 4.78 is 10.8. The molecule has 0 unspecified atom stereocenters. The summed E-state index contributed by atoms with van der Waals surface area (Å²) in [7, 11) is 0. The molecule has 0 N–H and O–H groups in total. The van der Waals surface area contributed by atoms with Gasteiger partial charge in [-0.25, -0.2) is 9.59 Å². The van der Waals surface area contributed by atoms with E-state index < -0.39 is 0 Å². The van der Waals surface area contributed by atoms with Crippen molar-refractivity contribution in [2.45, 2.75) is 13.8 Å². The monoisotopic (exact) mass is 542 g/mol. The molecule has 2 aromatic carbocycles. The molecule has 4 nitrogen and oxygen atoms in total. The maximum absolute atomic E-state index is 11.7. The molecule has 0 amide bonds. The predicted octanol–water partition coefficient (Wildman–Crippen LogP) is 7.95. The molecule has 0 spiro atoms. The number of hydrogen-bond donors (Lipinski definition) is 0. The first-order valence-electron chi connectivity index (χ1n) is 10.4. The van der Waals surface area contributed by atoms with E-state index in [2.05, 4.69) is 15.9 Å². The number of ether oxygens (including phenoxy) is 2. The van der Waals surface area contributed by atoms with Crippen LogP contribution in [0.5, 0.6) is 0 Å². The lowest BCUT2D eigenvalue weighted by molar-refractivity contribution is 0.0517. The molecule has 33 heavy (non-hydrogen) atoms. The van der Waals surface area contributed by atoms with Gasteiger partial charge in [-0.15, -0.1) is 22.7 Å². The Morgan fingerprint density at radius 3 is 1.91 bits per heavy atom. The summed E-state index contributed by atoms with van der Waals surface area (Å²) in [6, 6.07) is 23.7. The number of carbonyl (C=O) groups excluding carboxylic acids is 2. The average Bonchev–Trinajstić information content (AvgIpc) is 3.49. The highest BCUT2D eigenvalue weighted by atomic mass is 79.9. The molecule has 0 fully saturated rings. The van der Waals surface area contributed by atoms with Crippen LogP contribution in [-0.2, 0) is 9.47 Å². The number of esters is 2. The van der Waals surface area contributed by atoms with Gasteiger partial charge in [0.1, 0.15) is 0 Å². The molecule has 0 aliphatic rings. The Balaban J connectivity index is 0.000000186. The van der Waals surface area contributed by atoms with Crippen LogP contribution in [0.1, 0.15) is 34.6 Å². The van der Waals surface area contributed by atoms with Gasteiger partial charge in [-0.1, -0.05) is 60.7 Å². The second-order valence-corrected chi connectivity index (χ2v) is 9.95. The third kappa shape index (κ3) is 6.87. The van der Waals surface area contributed by atoms with Crippen LogP contribution in [-0.4, -0.2) is 25.2 Å². The molecular weight excluding hydrogens is 520 g/mol. The SMILES string of the molecule is CCOC(=O)c1cc(-c2ccccc2)sc1Br.CCOC(=O)c1csc(-c2ccccc2)c1. The van der Waals surface area contributed by atoms with Crippen molar-refractivity contribution in [2.75, 3.05) is 13.2 Å². The van der Waals surface area contributed by atoms with Crippen LogP contribution in [0, 0.1) is 0 Å². The zero-order valence-corrected chi connectivity index (χ0v) is 21.5. The molecule has 4 aromatic rings. The minimum atomic E-state index is -0.280. The summed E-state index contributed by atoms with van der Waals surface area (Å²) in [5.41, 5.74) is 3.46. The topological polar surface area (TPSA) is 52.6 Å². The minimum absolute atomic E-state index is 0.249. The van der Waals surface area contributed by atoms with Crippen molar-refractivity contribution in [3.63, 3.8) is 0 Å². The lowest BCUT2D eigenvalue weighted by Gasteiger charge is -1.98. The summed E-state index contributed by atoms with van der Waals surface area (Å²) in [6.45, 7) is 4.41. The lowest BCUT2D eigenvalue weighted by Crippen LogP contribution is -2.03. The molecule has 4 rings (SSSR count). The average molecular weight is 544 g/mol. The molecule has 0 saturated carbocycles. The largest absolute Gasteiger partial charge is 0.462 e. The summed E-state index contributed by atoms with van der Waals surface area (Å²) in [5.74, 6) is -0.529. The highest BCUT2D eigenvalue weighted by Gasteiger charge is 2.16. The van der Waals surface area contributed by atoms with E-state index in [-0.39, 0.29) is 11.9 Å². The highest BCUT2D eigenvalue weighted by Crippen LogP contribution is 2.35. The molecule has 0 saturated heterocycles. The Morgan fingerprint density at radius 1 is 0.788 bits per heavy atom. The first-order valence-corrected chi connectivity index (χ1v) is 12.8. The van der Waals surface area contributed by atoms with Gasteiger partial charge >= 0.3 is 11.9 Å². The molecule has 0 atom stereocenters. The quantitative estimate of drug-likeness (QED) is 0.232. The van der Waals surface area contributed by atoms with Crippen molar-refractivity contribution in [2.24, 2.45) is 0 Å². The zero-order valence-electron chi connectivity index (χ0n) is 18.2. The lowest BCUT2D eigenvalue weighted by atomic mass is 10.2. The molecule has 2 heterocycles. The molecule has 7 heteroatoms. The van der Waals surface area contributed by atoms with Crippen LogP contribution in [0.15, 0.2) is 82.0 Å². The Bertz CT molecular complexity index is 1180. The first-order chi connectivity index (χ1) is 16.0. The summed E-state index contributed by atoms with van der Waals surface area (Å²) in [4.78, 5) is 25.3. The second-order valence-electron chi connectivity index (χ2n) is 6.67. The third-order valence-electron chi connectivity index (χ3n) is 4.41. The standard InChI is InChI=1S/C13H11BrO2S.C13H12O2S/c1-2-16-13(15)10-8-11(17-12(10)14)9-6-4-3-5-7-9;1-2-15-13(14)11-8-12(16-9-11)10-6-4-3-5-7-10/h3-8H,2H2,1H3;3-9H,2H2,1H3. The fraction of sp³-hybridized carbons (Fsp3) is 0.154. The predicted molar refractivity (Wildman–Crippen MR) is 139 cm³/mol. The molecule has 170 valence electrons. The van der Waals surface area contributed by atoms with Crippen molar-refractivity contribution < 1.29 is 19.1 Å². The Kier molecular flexibility index (Phi) is 9.42. The Morgan fingerprint density at radius 2 is 1.33 bits per heavy atom. The smallest absolute Gasteiger partial charge is 0.340 e. The second kappa shape index (κ2) is 12.5. The van der Waals surface area contributed by atoms with E-state index in [4.69, 9.17) is 9.47 Å². The van der Waals surface area contributed by atoms with Crippen molar-refractivity contribution in [3.05, 3.63) is 93.1 Å². The number of carbonyl (C=O) groups is 2. The maximum atomic E-state index is 11.7. The van der Waals surface area contributed by atoms with E-state index in [0.29, 0.717) is 24.3 Å². The van der Waals surface area contributed by atoms with Crippen molar-refractivity contribution in [3.8, 4) is 20.9 Å². The molecule has 0 bridgehead atoms. The molecule has 0 radical (unpaired) electrons. The van der Waals surface area contributed by atoms with E-state index in [0.717, 1.165) is 24.7 Å². The summed E-state index contributed by atoms with van der Waals surface area (Å²) >= 11 is 6.50. The van der Waals surface area contributed by atoms with Gasteiger partial charge in [0.05, 0.1) is 28.1 Å². The van der Waals surface area contributed by atoms with Crippen LogP contribution in [0.4, 0.5) is 0 Å². The van der Waals surface area contributed by atoms with Crippen molar-refractivity contribution in [1.82, 2.24) is 0 Å². The van der Waals surface area contributed by atoms with Gasteiger partial charge in [-0.05, 0) is 53.0 Å². The van der Waals surface area contributed by atoms with E-state index >= 15 is 0 Å². The molecule has 0 aliphatic carbocycles. The van der Waals surface area contributed by atoms with Gasteiger partial charge in [0.2, 0.25) is 0 Å². The number of hydrogen-bond acceptors (Lipinski definition) is 6. The minimum Gasteiger partial charge on any atom is -0.462 e. The van der Waals surface area contributed by atoms with Gasteiger partial charge in [0.15, 0.2) is 0 Å². The van der Waals surface area contributed by atoms with Crippen molar-refractivity contribution >= 4 is 50.5 Å². The van der Waals surface area contributed by atoms with Gasteiger partial charge in [0.25, 0.3) is 0 Å². The summed E-state index contributed by atoms with van der Waals surface area (Å²) in [6.07, 6.45) is 0. The Hall–Kier alpha value is -2.74. The molecule has 2 aromatic heterocycles. The van der Waals surface area contributed by atoms with E-state index in [1.54, 1.807) is 18.3 Å². The number of thiophene rings is 2.